The van der Waals surface area contributed by atoms with Gasteiger partial charge in [0.15, 0.2) is 21.2 Å². The van der Waals surface area contributed by atoms with Crippen LogP contribution in [-0.4, -0.2) is 52.8 Å². The van der Waals surface area contributed by atoms with Crippen molar-refractivity contribution in [2.24, 2.45) is 0 Å². The third-order valence-electron chi connectivity index (χ3n) is 3.95. The first-order valence-corrected chi connectivity index (χ1v) is 10.3. The average molecular weight is 366 g/mol. The number of rotatable bonds is 15. The number of carboxylic acid groups (broad SMARTS) is 2. The molecule has 0 aromatic heterocycles. The minimum absolute atomic E-state index is 0.272. The van der Waals surface area contributed by atoms with Crippen molar-refractivity contribution in [1.82, 2.24) is 0 Å². The zero-order valence-corrected chi connectivity index (χ0v) is 15.1. The Morgan fingerprint density at radius 2 is 1.21 bits per heavy atom. The maximum Gasteiger partial charge on any atom is 0.334 e. The van der Waals surface area contributed by atoms with Gasteiger partial charge in [0.05, 0.1) is 5.75 Å². The van der Waals surface area contributed by atoms with Crippen molar-refractivity contribution in [3.8, 4) is 0 Å². The molecule has 24 heavy (non-hydrogen) atoms. The fourth-order valence-electron chi connectivity index (χ4n) is 2.53. The van der Waals surface area contributed by atoms with E-state index in [-0.39, 0.29) is 6.42 Å². The Balaban J connectivity index is 4.07. The Hall–Kier alpha value is -1.15. The second-order valence-electron chi connectivity index (χ2n) is 6.09. The number of hydrogen-bond donors (Lipinski definition) is 3. The standard InChI is InChI=1S/C16H30O7S/c1-2-3-4-5-6-7-8-9-10-11-12-24(22,23)14(16(20)21)13(17)15(18)19/h13-14,17H,2-12H2,1H3,(H,18,19)(H,20,21). The van der Waals surface area contributed by atoms with Crippen LogP contribution in [0.15, 0.2) is 0 Å². The monoisotopic (exact) mass is 366 g/mol. The zero-order chi connectivity index (χ0) is 18.6. The summed E-state index contributed by atoms with van der Waals surface area (Å²) < 4.78 is 23.9. The van der Waals surface area contributed by atoms with Crippen LogP contribution in [0.25, 0.3) is 0 Å². The van der Waals surface area contributed by atoms with Gasteiger partial charge >= 0.3 is 11.9 Å². The summed E-state index contributed by atoms with van der Waals surface area (Å²) in [6, 6.07) is 0. The predicted molar refractivity (Wildman–Crippen MR) is 90.7 cm³/mol. The summed E-state index contributed by atoms with van der Waals surface area (Å²) in [5, 5.41) is 24.5. The van der Waals surface area contributed by atoms with Gasteiger partial charge in [0.1, 0.15) is 0 Å². The molecule has 0 heterocycles. The predicted octanol–water partition coefficient (Wildman–Crippen LogP) is 2.22. The minimum atomic E-state index is -4.20. The van der Waals surface area contributed by atoms with Crippen LogP contribution in [0.5, 0.6) is 0 Å². The molecule has 2 unspecified atom stereocenters. The second-order valence-corrected chi connectivity index (χ2v) is 8.33. The number of carboxylic acids is 2. The van der Waals surface area contributed by atoms with Crippen LogP contribution in [0.3, 0.4) is 0 Å². The minimum Gasteiger partial charge on any atom is -0.480 e. The number of aliphatic hydroxyl groups excluding tert-OH is 1. The highest BCUT2D eigenvalue weighted by atomic mass is 32.2. The lowest BCUT2D eigenvalue weighted by atomic mass is 10.1. The molecular weight excluding hydrogens is 336 g/mol. The molecule has 0 bridgehead atoms. The zero-order valence-electron chi connectivity index (χ0n) is 14.3. The van der Waals surface area contributed by atoms with Crippen molar-refractivity contribution in [1.29, 1.82) is 0 Å². The van der Waals surface area contributed by atoms with Crippen LogP contribution in [-0.2, 0) is 19.4 Å². The maximum absolute atomic E-state index is 11.9. The van der Waals surface area contributed by atoms with E-state index in [4.69, 9.17) is 10.2 Å². The highest BCUT2D eigenvalue weighted by Gasteiger charge is 2.42. The highest BCUT2D eigenvalue weighted by Crippen LogP contribution is 2.14. The van der Waals surface area contributed by atoms with Crippen molar-refractivity contribution in [3.63, 3.8) is 0 Å². The first-order chi connectivity index (χ1) is 11.2. The third kappa shape index (κ3) is 9.22. The average Bonchev–Trinajstić information content (AvgIpc) is 2.48. The molecule has 2 atom stereocenters. The fraction of sp³-hybridized carbons (Fsp3) is 0.875. The van der Waals surface area contributed by atoms with Gasteiger partial charge in [0.2, 0.25) is 0 Å². The molecule has 0 rings (SSSR count). The molecule has 0 aromatic carbocycles. The molecule has 142 valence electrons. The fourth-order valence-corrected chi connectivity index (χ4v) is 4.21. The highest BCUT2D eigenvalue weighted by molar-refractivity contribution is 7.92. The number of carbonyl (C=O) groups is 2. The van der Waals surface area contributed by atoms with E-state index in [2.05, 4.69) is 6.92 Å². The molecule has 0 amide bonds. The van der Waals surface area contributed by atoms with Gasteiger partial charge in [0, 0.05) is 0 Å². The molecule has 0 aromatic rings. The van der Waals surface area contributed by atoms with Gasteiger partial charge in [-0.15, -0.1) is 0 Å². The van der Waals surface area contributed by atoms with Crippen LogP contribution >= 0.6 is 0 Å². The van der Waals surface area contributed by atoms with E-state index in [0.29, 0.717) is 6.42 Å². The summed E-state index contributed by atoms with van der Waals surface area (Å²) in [6.07, 6.45) is 7.54. The van der Waals surface area contributed by atoms with Crippen LogP contribution in [0, 0.1) is 0 Å². The topological polar surface area (TPSA) is 129 Å². The molecule has 0 spiro atoms. The summed E-state index contributed by atoms with van der Waals surface area (Å²) >= 11 is 0. The Morgan fingerprint density at radius 1 is 0.792 bits per heavy atom. The first kappa shape index (κ1) is 22.9. The van der Waals surface area contributed by atoms with E-state index < -0.39 is 38.9 Å². The number of sulfone groups is 1. The molecule has 0 aliphatic carbocycles. The second kappa shape index (κ2) is 12.2. The van der Waals surface area contributed by atoms with Crippen molar-refractivity contribution < 1.29 is 33.3 Å². The van der Waals surface area contributed by atoms with Gasteiger partial charge in [-0.1, -0.05) is 64.7 Å². The van der Waals surface area contributed by atoms with E-state index in [1.807, 2.05) is 0 Å². The molecule has 0 radical (unpaired) electrons. The lowest BCUT2D eigenvalue weighted by molar-refractivity contribution is -0.152. The van der Waals surface area contributed by atoms with E-state index in [9.17, 15) is 23.1 Å². The Kier molecular flexibility index (Phi) is 11.7. The molecular formula is C16H30O7S. The van der Waals surface area contributed by atoms with Gasteiger partial charge in [-0.05, 0) is 6.42 Å². The first-order valence-electron chi connectivity index (χ1n) is 8.59. The lowest BCUT2D eigenvalue weighted by Crippen LogP contribution is -2.46. The molecule has 0 aliphatic rings. The van der Waals surface area contributed by atoms with Crippen LogP contribution in [0.4, 0.5) is 0 Å². The molecule has 0 fully saturated rings. The van der Waals surface area contributed by atoms with Crippen molar-refractivity contribution in [2.75, 3.05) is 5.75 Å². The third-order valence-corrected chi connectivity index (χ3v) is 6.04. The van der Waals surface area contributed by atoms with Gasteiger partial charge in [-0.3, -0.25) is 4.79 Å². The Labute approximate surface area is 144 Å². The van der Waals surface area contributed by atoms with Crippen LogP contribution in [0.2, 0.25) is 0 Å². The van der Waals surface area contributed by atoms with E-state index in [1.165, 1.54) is 32.1 Å². The van der Waals surface area contributed by atoms with E-state index >= 15 is 0 Å². The van der Waals surface area contributed by atoms with Gasteiger partial charge in [-0.2, -0.15) is 0 Å². The van der Waals surface area contributed by atoms with Crippen molar-refractivity contribution in [3.05, 3.63) is 0 Å². The number of aliphatic carboxylic acids is 2. The molecule has 0 saturated carbocycles. The smallest absolute Gasteiger partial charge is 0.334 e. The van der Waals surface area contributed by atoms with Gasteiger partial charge in [0.25, 0.3) is 0 Å². The normalized spacial score (nSPS) is 14.2. The summed E-state index contributed by atoms with van der Waals surface area (Å²) in [4.78, 5) is 21.6. The number of aliphatic hydroxyl groups is 1. The molecule has 7 nitrogen and oxygen atoms in total. The lowest BCUT2D eigenvalue weighted by Gasteiger charge is -2.16. The Bertz CT molecular complexity index is 473. The quantitative estimate of drug-likeness (QED) is 0.379. The molecule has 3 N–H and O–H groups in total. The van der Waals surface area contributed by atoms with Crippen molar-refractivity contribution >= 4 is 21.8 Å². The molecule has 8 heteroatoms. The van der Waals surface area contributed by atoms with Crippen LogP contribution < -0.4 is 0 Å². The largest absolute Gasteiger partial charge is 0.480 e. The molecule has 0 saturated heterocycles. The summed E-state index contributed by atoms with van der Waals surface area (Å²) in [6.45, 7) is 2.17. The van der Waals surface area contributed by atoms with Gasteiger partial charge in [-0.25, -0.2) is 13.2 Å². The maximum atomic E-state index is 11.9. The number of hydrogen-bond acceptors (Lipinski definition) is 5. The number of unbranched alkanes of at least 4 members (excludes halogenated alkanes) is 9. The van der Waals surface area contributed by atoms with E-state index in [0.717, 1.165) is 19.3 Å². The summed E-state index contributed by atoms with van der Waals surface area (Å²) in [7, 11) is -4.20. The SMILES string of the molecule is CCCCCCCCCCCCS(=O)(=O)C(C(=O)O)C(O)C(=O)O. The van der Waals surface area contributed by atoms with E-state index in [1.54, 1.807) is 0 Å². The van der Waals surface area contributed by atoms with Crippen molar-refractivity contribution in [2.45, 2.75) is 82.5 Å². The van der Waals surface area contributed by atoms with Gasteiger partial charge < -0.3 is 15.3 Å². The summed E-state index contributed by atoms with van der Waals surface area (Å²) in [5.74, 6) is -4.11. The summed E-state index contributed by atoms with van der Waals surface area (Å²) in [5.41, 5.74) is 0. The molecule has 0 aliphatic heterocycles. The Morgan fingerprint density at radius 3 is 1.58 bits per heavy atom. The van der Waals surface area contributed by atoms with Crippen LogP contribution in [0.1, 0.15) is 71.1 Å².